The second-order valence-corrected chi connectivity index (χ2v) is 9.73. The maximum atomic E-state index is 13.3. The molecule has 2 aromatic rings. The Kier molecular flexibility index (Phi) is 7.95. The molecule has 0 heterocycles. The third-order valence-electron chi connectivity index (χ3n) is 3.82. The number of rotatable bonds is 10. The average Bonchev–Trinajstić information content (AvgIpc) is 2.66. The van der Waals surface area contributed by atoms with E-state index in [4.69, 9.17) is 9.05 Å². The van der Waals surface area contributed by atoms with Crippen LogP contribution in [0.3, 0.4) is 0 Å². The number of hydrogen-bond acceptors (Lipinski definition) is 6. The van der Waals surface area contributed by atoms with Gasteiger partial charge in [-0.2, -0.15) is 13.5 Å². The Balaban J connectivity index is 2.31. The van der Waals surface area contributed by atoms with E-state index in [-0.39, 0.29) is 18.1 Å². The molecule has 0 aliphatic heterocycles. The van der Waals surface area contributed by atoms with Gasteiger partial charge >= 0.3 is 7.60 Å². The molecule has 1 unspecified atom stereocenters. The van der Waals surface area contributed by atoms with Gasteiger partial charge in [0.2, 0.25) is 0 Å². The second kappa shape index (κ2) is 9.98. The summed E-state index contributed by atoms with van der Waals surface area (Å²) in [5.74, 6) is 0. The summed E-state index contributed by atoms with van der Waals surface area (Å²) in [4.78, 5) is 2.25. The van der Waals surface area contributed by atoms with E-state index in [1.165, 1.54) is 18.3 Å². The molecule has 0 saturated carbocycles. The lowest BCUT2D eigenvalue weighted by Gasteiger charge is -2.23. The van der Waals surface area contributed by atoms with Crippen molar-refractivity contribution < 1.29 is 22.0 Å². The highest BCUT2D eigenvalue weighted by Gasteiger charge is 2.36. The molecule has 0 fully saturated rings. The van der Waals surface area contributed by atoms with E-state index in [0.29, 0.717) is 5.56 Å². The molecular weight excluding hydrogens is 399 g/mol. The molecule has 0 aliphatic rings. The molecule has 7 nitrogen and oxygen atoms in total. The van der Waals surface area contributed by atoms with Crippen LogP contribution in [-0.2, 0) is 23.6 Å². The molecule has 0 saturated heterocycles. The van der Waals surface area contributed by atoms with Crippen LogP contribution in [0.25, 0.3) is 0 Å². The predicted octanol–water partition coefficient (Wildman–Crippen LogP) is 4.27. The number of nitrogens with zero attached hydrogens (tertiary/aromatic N) is 1. The normalized spacial score (nSPS) is 13.5. The molecule has 0 aromatic heterocycles. The Morgan fingerprint density at radius 3 is 2.14 bits per heavy atom. The Hall–Kier alpha value is -1.99. The van der Waals surface area contributed by atoms with Crippen LogP contribution in [-0.4, -0.2) is 27.8 Å². The summed E-state index contributed by atoms with van der Waals surface area (Å²) in [5.41, 5.74) is 0.737. The molecule has 2 aromatic carbocycles. The molecule has 0 radical (unpaired) electrons. The molecule has 1 N–H and O–H groups in total. The Morgan fingerprint density at radius 2 is 1.61 bits per heavy atom. The van der Waals surface area contributed by atoms with Crippen molar-refractivity contribution in [1.29, 1.82) is 0 Å². The Bertz CT molecular complexity index is 921. The van der Waals surface area contributed by atoms with Gasteiger partial charge < -0.3 is 9.05 Å². The van der Waals surface area contributed by atoms with E-state index in [9.17, 15) is 13.0 Å². The second-order valence-electron chi connectivity index (χ2n) is 5.92. The average molecular weight is 424 g/mol. The summed E-state index contributed by atoms with van der Waals surface area (Å²) < 4.78 is 48.9. The fraction of sp³-hybridized carbons (Fsp3) is 0.316. The summed E-state index contributed by atoms with van der Waals surface area (Å²) >= 11 is 0. The molecule has 1 atom stereocenters. The molecule has 0 amide bonds. The van der Waals surface area contributed by atoms with Crippen LogP contribution < -0.4 is 4.83 Å². The first kappa shape index (κ1) is 22.3. The van der Waals surface area contributed by atoms with Gasteiger partial charge in [-0.15, -0.1) is 0 Å². The number of aryl methyl sites for hydroxylation is 1. The van der Waals surface area contributed by atoms with Crippen molar-refractivity contribution in [1.82, 2.24) is 4.83 Å². The summed E-state index contributed by atoms with van der Waals surface area (Å²) in [6.07, 6.45) is 1.26. The van der Waals surface area contributed by atoms with Crippen molar-refractivity contribution in [2.75, 3.05) is 13.2 Å². The molecule has 0 bridgehead atoms. The number of hydrazone groups is 1. The minimum Gasteiger partial charge on any atom is -0.308 e. The zero-order chi connectivity index (χ0) is 20.6. The van der Waals surface area contributed by atoms with Crippen molar-refractivity contribution >= 4 is 23.8 Å². The van der Waals surface area contributed by atoms with Crippen LogP contribution in [0.4, 0.5) is 0 Å². The van der Waals surface area contributed by atoms with Crippen molar-refractivity contribution in [3.05, 3.63) is 65.7 Å². The topological polar surface area (TPSA) is 94.1 Å². The smallest absolute Gasteiger partial charge is 0.308 e. The van der Waals surface area contributed by atoms with Crippen LogP contribution in [0, 0.1) is 6.92 Å². The first-order valence-corrected chi connectivity index (χ1v) is 12.0. The summed E-state index contributed by atoms with van der Waals surface area (Å²) in [6.45, 7) is 5.66. The van der Waals surface area contributed by atoms with E-state index in [1.54, 1.807) is 50.2 Å². The number of sulfonamides is 1. The van der Waals surface area contributed by atoms with E-state index in [0.717, 1.165) is 5.56 Å². The van der Waals surface area contributed by atoms with Crippen LogP contribution in [0.2, 0.25) is 0 Å². The van der Waals surface area contributed by atoms with Gasteiger partial charge in [-0.1, -0.05) is 48.0 Å². The Morgan fingerprint density at radius 1 is 1.04 bits per heavy atom. The van der Waals surface area contributed by atoms with Gasteiger partial charge in [0.15, 0.2) is 0 Å². The van der Waals surface area contributed by atoms with E-state index in [1.807, 2.05) is 13.0 Å². The molecule has 9 heteroatoms. The molecule has 0 aliphatic carbocycles. The van der Waals surface area contributed by atoms with Gasteiger partial charge in [0, 0.05) is 6.21 Å². The van der Waals surface area contributed by atoms with Crippen LogP contribution >= 0.6 is 7.60 Å². The maximum absolute atomic E-state index is 13.3. The zero-order valence-electron chi connectivity index (χ0n) is 16.1. The SMILES string of the molecule is CCOP(=O)(OCC)C(/C=N\NS(=O)(=O)c1ccc(C)cc1)c1ccccc1. The minimum absolute atomic E-state index is 0.0873. The minimum atomic E-state index is -3.84. The highest BCUT2D eigenvalue weighted by Crippen LogP contribution is 2.60. The van der Waals surface area contributed by atoms with Gasteiger partial charge in [-0.05, 0) is 38.5 Å². The molecule has 2 rings (SSSR count). The number of nitrogens with one attached hydrogen (secondary N) is 1. The van der Waals surface area contributed by atoms with Crippen LogP contribution in [0.5, 0.6) is 0 Å². The van der Waals surface area contributed by atoms with Gasteiger partial charge in [0.05, 0.1) is 18.1 Å². The van der Waals surface area contributed by atoms with Crippen LogP contribution in [0.1, 0.15) is 30.6 Å². The lowest BCUT2D eigenvalue weighted by atomic mass is 10.2. The Labute approximate surface area is 166 Å². The van der Waals surface area contributed by atoms with Gasteiger partial charge in [0.1, 0.15) is 5.66 Å². The van der Waals surface area contributed by atoms with E-state index in [2.05, 4.69) is 9.93 Å². The van der Waals surface area contributed by atoms with Crippen molar-refractivity contribution in [3.8, 4) is 0 Å². The molecular formula is C19H25N2O5PS. The van der Waals surface area contributed by atoms with Crippen molar-refractivity contribution in [3.63, 3.8) is 0 Å². The van der Waals surface area contributed by atoms with Crippen molar-refractivity contribution in [2.24, 2.45) is 5.10 Å². The van der Waals surface area contributed by atoms with Gasteiger partial charge in [-0.25, -0.2) is 4.83 Å². The fourth-order valence-electron chi connectivity index (χ4n) is 2.50. The standard InChI is InChI=1S/C19H25N2O5PS/c1-4-25-27(22,26-5-2)19(17-9-7-6-8-10-17)15-20-21-28(23,24)18-13-11-16(3)12-14-18/h6-15,19,21H,4-5H2,1-3H3/b20-15-. The summed E-state index contributed by atoms with van der Waals surface area (Å²) in [6, 6.07) is 15.3. The molecule has 0 spiro atoms. The largest absolute Gasteiger partial charge is 0.343 e. The first-order valence-electron chi connectivity index (χ1n) is 8.87. The highest BCUT2D eigenvalue weighted by molar-refractivity contribution is 7.89. The maximum Gasteiger partial charge on any atom is 0.343 e. The lowest BCUT2D eigenvalue weighted by molar-refractivity contribution is 0.217. The van der Waals surface area contributed by atoms with Gasteiger partial charge in [0.25, 0.3) is 10.0 Å². The zero-order valence-corrected chi connectivity index (χ0v) is 17.8. The van der Waals surface area contributed by atoms with E-state index >= 15 is 0 Å². The predicted molar refractivity (Wildman–Crippen MR) is 110 cm³/mol. The van der Waals surface area contributed by atoms with Crippen LogP contribution in [0.15, 0.2) is 64.6 Å². The summed E-state index contributed by atoms with van der Waals surface area (Å²) in [7, 11) is -7.44. The lowest BCUT2D eigenvalue weighted by Crippen LogP contribution is -2.19. The molecule has 152 valence electrons. The van der Waals surface area contributed by atoms with Gasteiger partial charge in [-0.3, -0.25) is 4.57 Å². The summed E-state index contributed by atoms with van der Waals surface area (Å²) in [5, 5.41) is 3.85. The third-order valence-corrected chi connectivity index (χ3v) is 7.41. The number of hydrogen-bond donors (Lipinski definition) is 1. The van der Waals surface area contributed by atoms with Crippen molar-refractivity contribution in [2.45, 2.75) is 31.3 Å². The van der Waals surface area contributed by atoms with E-state index < -0.39 is 23.3 Å². The highest BCUT2D eigenvalue weighted by atomic mass is 32.2. The fourth-order valence-corrected chi connectivity index (χ4v) is 5.18. The monoisotopic (exact) mass is 424 g/mol. The first-order chi connectivity index (χ1) is 13.3. The number of benzene rings is 2. The molecule has 28 heavy (non-hydrogen) atoms. The third kappa shape index (κ3) is 5.75. The quantitative estimate of drug-likeness (QED) is 0.349.